The maximum absolute atomic E-state index is 12.7. The van der Waals surface area contributed by atoms with Crippen LogP contribution in [0.1, 0.15) is 49.1 Å². The van der Waals surface area contributed by atoms with Gasteiger partial charge in [0, 0.05) is 40.3 Å². The summed E-state index contributed by atoms with van der Waals surface area (Å²) in [6.45, 7) is 6.16. The molecule has 0 bridgehead atoms. The lowest BCUT2D eigenvalue weighted by atomic mass is 9.93. The lowest BCUT2D eigenvalue weighted by molar-refractivity contribution is -0.274. The zero-order chi connectivity index (χ0) is 24.5. The molecule has 5 nitrogen and oxygen atoms in total. The summed E-state index contributed by atoms with van der Waals surface area (Å²) in [6.07, 6.45) is 0.804. The number of nitrogens with one attached hydrogen (secondary N) is 1. The Bertz CT molecular complexity index is 1240. The third-order valence-corrected chi connectivity index (χ3v) is 5.84. The number of ether oxygens (including phenoxy) is 2. The molecule has 0 atom stereocenters. The number of benzene rings is 2. The van der Waals surface area contributed by atoms with Gasteiger partial charge in [0.1, 0.15) is 22.8 Å². The van der Waals surface area contributed by atoms with E-state index in [1.807, 2.05) is 26.8 Å². The predicted octanol–water partition coefficient (Wildman–Crippen LogP) is 6.96. The lowest BCUT2D eigenvalue weighted by Gasteiger charge is -2.15. The van der Waals surface area contributed by atoms with Gasteiger partial charge in [-0.15, -0.1) is 13.2 Å². The molecule has 1 N–H and O–H groups in total. The predicted molar refractivity (Wildman–Crippen MR) is 124 cm³/mol. The molecule has 0 saturated carbocycles. The molecule has 1 aliphatic rings. The van der Waals surface area contributed by atoms with Crippen molar-refractivity contribution < 1.29 is 31.9 Å². The van der Waals surface area contributed by atoms with Crippen molar-refractivity contribution in [3.8, 4) is 11.5 Å². The van der Waals surface area contributed by atoms with Crippen molar-refractivity contribution in [1.82, 2.24) is 0 Å². The molecular weight excluding hydrogens is 447 g/mol. The minimum Gasteiger partial charge on any atom is -0.493 e. The number of carbonyl (C=O) groups excluding carboxylic acids is 1. The van der Waals surface area contributed by atoms with Crippen LogP contribution in [0.2, 0.25) is 0 Å². The van der Waals surface area contributed by atoms with Crippen molar-refractivity contribution in [3.63, 3.8) is 0 Å². The molecule has 180 valence electrons. The summed E-state index contributed by atoms with van der Waals surface area (Å²) < 4.78 is 53.0. The first-order valence-corrected chi connectivity index (χ1v) is 11.2. The van der Waals surface area contributed by atoms with Crippen LogP contribution in [0.3, 0.4) is 0 Å². The van der Waals surface area contributed by atoms with Gasteiger partial charge in [-0.3, -0.25) is 4.79 Å². The molecule has 0 aliphatic heterocycles. The van der Waals surface area contributed by atoms with Crippen LogP contribution < -0.4 is 14.8 Å². The molecule has 2 aromatic carbocycles. The number of hydrogen-bond acceptors (Lipinski definition) is 4. The highest BCUT2D eigenvalue weighted by Gasteiger charge is 2.31. The summed E-state index contributed by atoms with van der Waals surface area (Å²) in [4.78, 5) is 12.7. The monoisotopic (exact) mass is 473 g/mol. The van der Waals surface area contributed by atoms with Crippen LogP contribution in [0.5, 0.6) is 11.5 Å². The molecule has 8 heteroatoms. The number of fused-ring (bicyclic) bond motifs is 3. The number of hydrogen-bond donors (Lipinski definition) is 1. The van der Waals surface area contributed by atoms with Gasteiger partial charge in [0.2, 0.25) is 5.91 Å². The standard InChI is InChI=1S/C26H26F3NO4/c1-4-32-24-16(3)25-21(19-7-5-6-8-22(19)33-25)14-20(24)15(2)13-23(31)30-17-9-11-18(12-10-17)34-26(27,28)29/h9-14H,4-8H2,1-3H3,(H,30,31)/b15-13+. The van der Waals surface area contributed by atoms with Gasteiger partial charge >= 0.3 is 6.36 Å². The van der Waals surface area contributed by atoms with E-state index < -0.39 is 12.3 Å². The fraction of sp³-hybridized carbons (Fsp3) is 0.346. The van der Waals surface area contributed by atoms with Gasteiger partial charge in [0.25, 0.3) is 0 Å². The van der Waals surface area contributed by atoms with Gasteiger partial charge in [-0.1, -0.05) is 0 Å². The maximum Gasteiger partial charge on any atom is 0.573 e. The Kier molecular flexibility index (Phi) is 6.59. The van der Waals surface area contributed by atoms with Crippen LogP contribution in [-0.4, -0.2) is 18.9 Å². The van der Waals surface area contributed by atoms with Crippen LogP contribution in [0.4, 0.5) is 18.9 Å². The van der Waals surface area contributed by atoms with E-state index in [0.29, 0.717) is 23.6 Å². The topological polar surface area (TPSA) is 60.7 Å². The van der Waals surface area contributed by atoms with E-state index in [1.165, 1.54) is 23.8 Å². The number of rotatable bonds is 6. The molecule has 0 radical (unpaired) electrons. The largest absolute Gasteiger partial charge is 0.573 e. The molecule has 4 rings (SSSR count). The fourth-order valence-corrected chi connectivity index (χ4v) is 4.35. The van der Waals surface area contributed by atoms with E-state index in [2.05, 4.69) is 10.1 Å². The zero-order valence-electron chi connectivity index (χ0n) is 19.3. The number of allylic oxidation sites excluding steroid dienone is 1. The Labute approximate surface area is 195 Å². The third-order valence-electron chi connectivity index (χ3n) is 5.84. The average Bonchev–Trinajstić information content (AvgIpc) is 3.15. The molecule has 0 saturated heterocycles. The first-order valence-electron chi connectivity index (χ1n) is 11.2. The summed E-state index contributed by atoms with van der Waals surface area (Å²) in [7, 11) is 0. The number of alkyl halides is 3. The maximum atomic E-state index is 12.7. The molecule has 1 aromatic heterocycles. The van der Waals surface area contributed by atoms with Crippen molar-refractivity contribution >= 4 is 28.1 Å². The van der Waals surface area contributed by atoms with Gasteiger partial charge < -0.3 is 19.2 Å². The number of aryl methyl sites for hydroxylation is 3. The first kappa shape index (κ1) is 23.7. The Balaban J connectivity index is 1.62. The minimum absolute atomic E-state index is 0.351. The van der Waals surface area contributed by atoms with Crippen LogP contribution >= 0.6 is 0 Å². The first-order chi connectivity index (χ1) is 16.2. The Morgan fingerprint density at radius 1 is 1.18 bits per heavy atom. The average molecular weight is 473 g/mol. The molecule has 0 fully saturated rings. The van der Waals surface area contributed by atoms with Crippen molar-refractivity contribution in [2.45, 2.75) is 52.8 Å². The molecule has 34 heavy (non-hydrogen) atoms. The van der Waals surface area contributed by atoms with E-state index in [9.17, 15) is 18.0 Å². The minimum atomic E-state index is -4.77. The summed E-state index contributed by atoms with van der Waals surface area (Å²) in [5.74, 6) is 0.944. The van der Waals surface area contributed by atoms with Gasteiger partial charge in [-0.25, -0.2) is 0 Å². The van der Waals surface area contributed by atoms with Crippen molar-refractivity contribution in [2.24, 2.45) is 0 Å². The summed E-state index contributed by atoms with van der Waals surface area (Å²) in [5.41, 5.74) is 4.82. The van der Waals surface area contributed by atoms with Gasteiger partial charge in [-0.2, -0.15) is 0 Å². The van der Waals surface area contributed by atoms with Crippen LogP contribution in [-0.2, 0) is 17.6 Å². The van der Waals surface area contributed by atoms with E-state index >= 15 is 0 Å². The normalized spacial score (nSPS) is 14.1. The van der Waals surface area contributed by atoms with Gasteiger partial charge in [0.05, 0.1) is 6.61 Å². The number of anilines is 1. The fourth-order valence-electron chi connectivity index (χ4n) is 4.35. The Morgan fingerprint density at radius 2 is 1.88 bits per heavy atom. The number of furan rings is 1. The van der Waals surface area contributed by atoms with E-state index in [4.69, 9.17) is 9.15 Å². The summed E-state index contributed by atoms with van der Waals surface area (Å²) >= 11 is 0. The van der Waals surface area contributed by atoms with E-state index in [1.54, 1.807) is 0 Å². The SMILES string of the molecule is CCOc1c(/C(C)=C/C(=O)Nc2ccc(OC(F)(F)F)cc2)cc2c3c(oc2c1C)CCCC3. The Morgan fingerprint density at radius 3 is 2.56 bits per heavy atom. The van der Waals surface area contributed by atoms with E-state index in [-0.39, 0.29) is 5.75 Å². The highest BCUT2D eigenvalue weighted by atomic mass is 19.4. The number of halogens is 3. The third kappa shape index (κ3) is 5.05. The highest BCUT2D eigenvalue weighted by molar-refractivity contribution is 6.05. The molecule has 1 heterocycles. The summed E-state index contributed by atoms with van der Waals surface area (Å²) in [6, 6.07) is 7.02. The van der Waals surface area contributed by atoms with Crippen molar-refractivity contribution in [2.75, 3.05) is 11.9 Å². The molecule has 0 unspecified atom stereocenters. The smallest absolute Gasteiger partial charge is 0.493 e. The van der Waals surface area contributed by atoms with Crippen molar-refractivity contribution in [3.05, 3.63) is 58.9 Å². The van der Waals surface area contributed by atoms with Crippen LogP contribution in [0.25, 0.3) is 16.5 Å². The second kappa shape index (κ2) is 9.44. The molecular formula is C26H26F3NO4. The molecule has 1 aliphatic carbocycles. The molecule has 0 spiro atoms. The van der Waals surface area contributed by atoms with Crippen molar-refractivity contribution in [1.29, 1.82) is 0 Å². The zero-order valence-corrected chi connectivity index (χ0v) is 19.3. The highest BCUT2D eigenvalue weighted by Crippen LogP contribution is 2.41. The summed E-state index contributed by atoms with van der Waals surface area (Å²) in [5, 5.41) is 3.72. The van der Waals surface area contributed by atoms with Crippen LogP contribution in [0, 0.1) is 6.92 Å². The second-order valence-electron chi connectivity index (χ2n) is 8.29. The van der Waals surface area contributed by atoms with Gasteiger partial charge in [-0.05, 0) is 75.9 Å². The number of amides is 1. The molecule has 1 amide bonds. The van der Waals surface area contributed by atoms with E-state index in [0.717, 1.165) is 65.7 Å². The molecule has 3 aromatic rings. The van der Waals surface area contributed by atoms with Crippen LogP contribution in [0.15, 0.2) is 40.8 Å². The lowest BCUT2D eigenvalue weighted by Crippen LogP contribution is -2.17. The van der Waals surface area contributed by atoms with Gasteiger partial charge in [0.15, 0.2) is 0 Å². The number of carbonyl (C=O) groups is 1. The second-order valence-corrected chi connectivity index (χ2v) is 8.29. The quantitative estimate of drug-likeness (QED) is 0.393. The Hall–Kier alpha value is -3.42.